The SMILES string of the molecule is O=C(Cn1cnc2ccccc2c1=O)Nc1ccc(-n2cnc3ccccc32)nc1. The largest absolute Gasteiger partial charge is 0.323 e. The number of benzene rings is 2. The van der Waals surface area contributed by atoms with Gasteiger partial charge >= 0.3 is 0 Å². The minimum atomic E-state index is -0.336. The van der Waals surface area contributed by atoms with Crippen molar-refractivity contribution in [3.05, 3.63) is 89.9 Å². The smallest absolute Gasteiger partial charge is 0.261 e. The first-order valence-electron chi connectivity index (χ1n) is 9.31. The first-order chi connectivity index (χ1) is 14.7. The molecule has 1 N–H and O–H groups in total. The quantitative estimate of drug-likeness (QED) is 0.504. The molecule has 5 aromatic rings. The molecule has 8 nitrogen and oxygen atoms in total. The molecule has 2 aromatic carbocycles. The third-order valence-electron chi connectivity index (χ3n) is 4.78. The fourth-order valence-corrected chi connectivity index (χ4v) is 3.32. The number of pyridine rings is 1. The topological polar surface area (TPSA) is 94.7 Å². The zero-order chi connectivity index (χ0) is 20.5. The highest BCUT2D eigenvalue weighted by molar-refractivity contribution is 5.90. The van der Waals surface area contributed by atoms with E-state index in [4.69, 9.17) is 0 Å². The maximum atomic E-state index is 12.5. The molecule has 3 heterocycles. The van der Waals surface area contributed by atoms with Crippen LogP contribution in [-0.2, 0) is 11.3 Å². The third kappa shape index (κ3) is 3.20. The molecule has 0 aliphatic heterocycles. The molecule has 0 saturated carbocycles. The van der Waals surface area contributed by atoms with Crippen LogP contribution in [-0.4, -0.2) is 30.0 Å². The summed E-state index contributed by atoms with van der Waals surface area (Å²) in [4.78, 5) is 37.9. The molecular formula is C22H16N6O2. The summed E-state index contributed by atoms with van der Waals surface area (Å²) in [5, 5.41) is 3.24. The van der Waals surface area contributed by atoms with Gasteiger partial charge in [0.25, 0.3) is 5.56 Å². The lowest BCUT2D eigenvalue weighted by atomic mass is 10.2. The Labute approximate surface area is 170 Å². The first-order valence-corrected chi connectivity index (χ1v) is 9.31. The summed E-state index contributed by atoms with van der Waals surface area (Å²) >= 11 is 0. The van der Waals surface area contributed by atoms with Gasteiger partial charge in [0.2, 0.25) is 5.91 Å². The number of para-hydroxylation sites is 3. The van der Waals surface area contributed by atoms with Gasteiger partial charge in [0.05, 0.1) is 40.1 Å². The molecule has 0 spiro atoms. The predicted molar refractivity (Wildman–Crippen MR) is 113 cm³/mol. The van der Waals surface area contributed by atoms with Crippen LogP contribution in [0.3, 0.4) is 0 Å². The Morgan fingerprint density at radius 2 is 1.63 bits per heavy atom. The van der Waals surface area contributed by atoms with E-state index in [1.54, 1.807) is 42.9 Å². The van der Waals surface area contributed by atoms with Crippen LogP contribution in [0, 0.1) is 0 Å². The molecule has 3 aromatic heterocycles. The molecule has 0 unspecified atom stereocenters. The van der Waals surface area contributed by atoms with Gasteiger partial charge in [-0.2, -0.15) is 0 Å². The number of hydrogen-bond acceptors (Lipinski definition) is 5. The summed E-state index contributed by atoms with van der Waals surface area (Å²) in [6.45, 7) is -0.134. The molecule has 0 fully saturated rings. The number of hydrogen-bond donors (Lipinski definition) is 1. The van der Waals surface area contributed by atoms with E-state index >= 15 is 0 Å². The number of rotatable bonds is 4. The van der Waals surface area contributed by atoms with E-state index in [-0.39, 0.29) is 18.0 Å². The molecule has 0 aliphatic carbocycles. The lowest BCUT2D eigenvalue weighted by Crippen LogP contribution is -2.27. The van der Waals surface area contributed by atoms with E-state index in [0.717, 1.165) is 11.0 Å². The van der Waals surface area contributed by atoms with Gasteiger partial charge in [0.1, 0.15) is 18.7 Å². The fraction of sp³-hybridized carbons (Fsp3) is 0.0455. The molecule has 0 radical (unpaired) electrons. The second-order valence-corrected chi connectivity index (χ2v) is 6.75. The van der Waals surface area contributed by atoms with E-state index in [1.165, 1.54) is 10.9 Å². The molecule has 5 rings (SSSR count). The van der Waals surface area contributed by atoms with Crippen molar-refractivity contribution in [2.24, 2.45) is 0 Å². The zero-order valence-corrected chi connectivity index (χ0v) is 15.8. The van der Waals surface area contributed by atoms with Crippen molar-refractivity contribution >= 4 is 33.5 Å². The second kappa shape index (κ2) is 7.25. The average molecular weight is 396 g/mol. The molecule has 0 atom stereocenters. The van der Waals surface area contributed by atoms with E-state index in [1.807, 2.05) is 34.9 Å². The highest BCUT2D eigenvalue weighted by Crippen LogP contribution is 2.17. The average Bonchev–Trinajstić information content (AvgIpc) is 3.21. The Balaban J connectivity index is 1.33. The van der Waals surface area contributed by atoms with Crippen molar-refractivity contribution in [1.82, 2.24) is 24.1 Å². The van der Waals surface area contributed by atoms with Crippen LogP contribution in [0.5, 0.6) is 0 Å². The number of imidazole rings is 1. The normalized spacial score (nSPS) is 11.1. The van der Waals surface area contributed by atoms with Crippen molar-refractivity contribution in [2.75, 3.05) is 5.32 Å². The Kier molecular flexibility index (Phi) is 4.29. The third-order valence-corrected chi connectivity index (χ3v) is 4.78. The molecule has 0 bridgehead atoms. The molecule has 8 heteroatoms. The number of anilines is 1. The molecule has 0 aliphatic rings. The molecule has 30 heavy (non-hydrogen) atoms. The van der Waals surface area contributed by atoms with Gasteiger partial charge in [-0.15, -0.1) is 0 Å². The summed E-state index contributed by atoms with van der Waals surface area (Å²) in [5.74, 6) is 0.355. The number of nitrogens with zero attached hydrogens (tertiary/aromatic N) is 5. The van der Waals surface area contributed by atoms with E-state index in [9.17, 15) is 9.59 Å². The maximum Gasteiger partial charge on any atom is 0.261 e. The van der Waals surface area contributed by atoms with Gasteiger partial charge in [-0.1, -0.05) is 24.3 Å². The van der Waals surface area contributed by atoms with Crippen molar-refractivity contribution in [2.45, 2.75) is 6.54 Å². The van der Waals surface area contributed by atoms with Gasteiger partial charge in [-0.3, -0.25) is 18.7 Å². The van der Waals surface area contributed by atoms with Gasteiger partial charge in [-0.05, 0) is 36.4 Å². The molecule has 1 amide bonds. The number of aromatic nitrogens is 5. The predicted octanol–water partition coefficient (Wildman–Crippen LogP) is 2.77. The first kappa shape index (κ1) is 17.7. The Morgan fingerprint density at radius 1 is 0.867 bits per heavy atom. The number of nitrogens with one attached hydrogen (secondary N) is 1. The van der Waals surface area contributed by atoms with Crippen LogP contribution in [0.1, 0.15) is 0 Å². The lowest BCUT2D eigenvalue weighted by molar-refractivity contribution is -0.116. The van der Waals surface area contributed by atoms with Gasteiger partial charge < -0.3 is 5.32 Å². The minimum absolute atomic E-state index is 0.134. The van der Waals surface area contributed by atoms with Crippen LogP contribution in [0.15, 0.2) is 84.3 Å². The molecular weight excluding hydrogens is 380 g/mol. The summed E-state index contributed by atoms with van der Waals surface area (Å²) < 4.78 is 3.17. The minimum Gasteiger partial charge on any atom is -0.323 e. The number of amides is 1. The van der Waals surface area contributed by atoms with Crippen molar-refractivity contribution in [3.63, 3.8) is 0 Å². The highest BCUT2D eigenvalue weighted by atomic mass is 16.2. The number of carbonyl (C=O) groups is 1. The number of fused-ring (bicyclic) bond motifs is 2. The van der Waals surface area contributed by atoms with Crippen LogP contribution < -0.4 is 10.9 Å². The van der Waals surface area contributed by atoms with Gasteiger partial charge in [0.15, 0.2) is 0 Å². The van der Waals surface area contributed by atoms with Crippen LogP contribution in [0.25, 0.3) is 27.8 Å². The van der Waals surface area contributed by atoms with Crippen LogP contribution in [0.2, 0.25) is 0 Å². The van der Waals surface area contributed by atoms with E-state index in [2.05, 4.69) is 20.3 Å². The second-order valence-electron chi connectivity index (χ2n) is 6.75. The highest BCUT2D eigenvalue weighted by Gasteiger charge is 2.09. The Bertz CT molecular complexity index is 1440. The summed E-state index contributed by atoms with van der Waals surface area (Å²) in [6.07, 6.45) is 4.67. The number of carbonyl (C=O) groups excluding carboxylic acids is 1. The van der Waals surface area contributed by atoms with Crippen LogP contribution >= 0.6 is 0 Å². The van der Waals surface area contributed by atoms with Gasteiger partial charge in [-0.25, -0.2) is 15.0 Å². The van der Waals surface area contributed by atoms with Gasteiger partial charge in [0, 0.05) is 0 Å². The molecule has 0 saturated heterocycles. The Hall–Kier alpha value is -4.33. The summed E-state index contributed by atoms with van der Waals surface area (Å²) in [6, 6.07) is 18.4. The van der Waals surface area contributed by atoms with Crippen LogP contribution in [0.4, 0.5) is 5.69 Å². The summed E-state index contributed by atoms with van der Waals surface area (Å²) in [5.41, 5.74) is 2.72. The van der Waals surface area contributed by atoms with Crippen molar-refractivity contribution < 1.29 is 4.79 Å². The summed E-state index contributed by atoms with van der Waals surface area (Å²) in [7, 11) is 0. The zero-order valence-electron chi connectivity index (χ0n) is 15.8. The monoisotopic (exact) mass is 396 g/mol. The van der Waals surface area contributed by atoms with E-state index < -0.39 is 0 Å². The maximum absolute atomic E-state index is 12.5. The Morgan fingerprint density at radius 3 is 2.47 bits per heavy atom. The fourth-order valence-electron chi connectivity index (χ4n) is 3.32. The van der Waals surface area contributed by atoms with Crippen molar-refractivity contribution in [3.8, 4) is 5.82 Å². The van der Waals surface area contributed by atoms with Crippen molar-refractivity contribution in [1.29, 1.82) is 0 Å². The van der Waals surface area contributed by atoms with E-state index in [0.29, 0.717) is 22.4 Å². The molecule has 146 valence electrons. The standard InChI is InChI=1S/C22H16N6O2/c29-21(12-27-13-24-17-6-2-1-5-16(17)22(27)30)26-15-9-10-20(23-11-15)28-14-25-18-7-3-4-8-19(18)28/h1-11,13-14H,12H2,(H,26,29). The lowest BCUT2D eigenvalue weighted by Gasteiger charge is -2.09.